The number of nitrogens with one attached hydrogen (secondary N) is 1. The molecule has 27 heavy (non-hydrogen) atoms. The molecule has 3 rings (SSSR count). The average Bonchev–Trinajstić information content (AvgIpc) is 3.09. The monoisotopic (exact) mass is 407 g/mol. The number of methoxy groups -OCH3 is 2. The van der Waals surface area contributed by atoms with Crippen molar-refractivity contribution in [2.75, 3.05) is 14.2 Å². The molecule has 0 saturated carbocycles. The Hall–Kier alpha value is -2.21. The molecular weight excluding hydrogens is 385 g/mol. The van der Waals surface area contributed by atoms with Crippen LogP contribution in [0.15, 0.2) is 54.9 Å². The zero-order chi connectivity index (χ0) is 18.5. The SMILES string of the molecule is COc1ccc(CNC(c2ccc(Cl)cc2)c2nccn2C)cc1OC.Cl. The standard InChI is InChI=1S/C20H22ClN3O2.ClH/c1-24-11-10-22-20(24)19(15-5-7-16(21)8-6-15)23-13-14-4-9-17(25-2)18(12-14)26-3;/h4-12,19,23H,13H2,1-3H3;1H. The van der Waals surface area contributed by atoms with E-state index in [0.717, 1.165) is 22.7 Å². The smallest absolute Gasteiger partial charge is 0.161 e. The van der Waals surface area contributed by atoms with E-state index in [2.05, 4.69) is 10.3 Å². The predicted octanol–water partition coefficient (Wildman–Crippen LogP) is 4.39. The van der Waals surface area contributed by atoms with Gasteiger partial charge in [0.05, 0.1) is 20.3 Å². The van der Waals surface area contributed by atoms with Crippen molar-refractivity contribution >= 4 is 24.0 Å². The minimum absolute atomic E-state index is 0. The Balaban J connectivity index is 0.00000261. The molecule has 0 amide bonds. The molecular formula is C20H23Cl2N3O2. The number of hydrogen-bond donors (Lipinski definition) is 1. The highest BCUT2D eigenvalue weighted by Crippen LogP contribution is 2.28. The highest BCUT2D eigenvalue weighted by atomic mass is 35.5. The van der Waals surface area contributed by atoms with Gasteiger partial charge in [0.2, 0.25) is 0 Å². The summed E-state index contributed by atoms with van der Waals surface area (Å²) in [5.41, 5.74) is 2.19. The van der Waals surface area contributed by atoms with Crippen molar-refractivity contribution in [1.29, 1.82) is 0 Å². The Kier molecular flexibility index (Phi) is 7.54. The maximum absolute atomic E-state index is 6.04. The molecule has 1 atom stereocenters. The van der Waals surface area contributed by atoms with Gasteiger partial charge in [-0.05, 0) is 35.4 Å². The highest BCUT2D eigenvalue weighted by Gasteiger charge is 2.18. The van der Waals surface area contributed by atoms with E-state index in [1.807, 2.05) is 60.3 Å². The van der Waals surface area contributed by atoms with Crippen molar-refractivity contribution in [2.45, 2.75) is 12.6 Å². The third kappa shape index (κ3) is 4.95. The second-order valence-electron chi connectivity index (χ2n) is 5.95. The van der Waals surface area contributed by atoms with Gasteiger partial charge in [0.25, 0.3) is 0 Å². The quantitative estimate of drug-likeness (QED) is 0.630. The summed E-state index contributed by atoms with van der Waals surface area (Å²) in [6, 6.07) is 13.7. The molecule has 0 aliphatic rings. The van der Waals surface area contributed by atoms with E-state index >= 15 is 0 Å². The van der Waals surface area contributed by atoms with Crippen molar-refractivity contribution < 1.29 is 9.47 Å². The van der Waals surface area contributed by atoms with Gasteiger partial charge in [-0.2, -0.15) is 0 Å². The maximum Gasteiger partial charge on any atom is 0.161 e. The molecule has 0 aliphatic heterocycles. The fraction of sp³-hybridized carbons (Fsp3) is 0.250. The minimum Gasteiger partial charge on any atom is -0.493 e. The number of imidazole rings is 1. The van der Waals surface area contributed by atoms with Gasteiger partial charge in [0, 0.05) is 31.0 Å². The number of halogens is 2. The van der Waals surface area contributed by atoms with Crippen molar-refractivity contribution in [3.8, 4) is 11.5 Å². The number of benzene rings is 2. The van der Waals surface area contributed by atoms with Gasteiger partial charge in [-0.1, -0.05) is 29.8 Å². The van der Waals surface area contributed by atoms with E-state index < -0.39 is 0 Å². The van der Waals surface area contributed by atoms with Gasteiger partial charge < -0.3 is 14.0 Å². The molecule has 0 saturated heterocycles. The largest absolute Gasteiger partial charge is 0.493 e. The maximum atomic E-state index is 6.04. The number of nitrogens with zero attached hydrogens (tertiary/aromatic N) is 2. The lowest BCUT2D eigenvalue weighted by atomic mass is 10.1. The van der Waals surface area contributed by atoms with Crippen LogP contribution in [0.3, 0.4) is 0 Å². The topological polar surface area (TPSA) is 48.3 Å². The second-order valence-corrected chi connectivity index (χ2v) is 6.39. The third-order valence-corrected chi connectivity index (χ3v) is 4.53. The number of hydrogen-bond acceptors (Lipinski definition) is 4. The van der Waals surface area contributed by atoms with Gasteiger partial charge >= 0.3 is 0 Å². The van der Waals surface area contributed by atoms with Crippen LogP contribution in [-0.2, 0) is 13.6 Å². The van der Waals surface area contributed by atoms with Gasteiger partial charge in [0.1, 0.15) is 5.82 Å². The van der Waals surface area contributed by atoms with Gasteiger partial charge in [-0.25, -0.2) is 4.98 Å². The van der Waals surface area contributed by atoms with E-state index in [-0.39, 0.29) is 18.4 Å². The van der Waals surface area contributed by atoms with E-state index in [1.165, 1.54) is 0 Å². The van der Waals surface area contributed by atoms with Crippen LogP contribution in [0, 0.1) is 0 Å². The molecule has 1 unspecified atom stereocenters. The molecule has 0 spiro atoms. The summed E-state index contributed by atoms with van der Waals surface area (Å²) in [5, 5.41) is 4.30. The molecule has 0 radical (unpaired) electrons. The van der Waals surface area contributed by atoms with Crippen LogP contribution >= 0.6 is 24.0 Å². The molecule has 2 aromatic carbocycles. The summed E-state index contributed by atoms with van der Waals surface area (Å²) in [6.07, 6.45) is 3.74. The van der Waals surface area contributed by atoms with E-state index in [1.54, 1.807) is 20.4 Å². The summed E-state index contributed by atoms with van der Waals surface area (Å²) >= 11 is 6.04. The molecule has 0 bridgehead atoms. The first-order valence-corrected chi connectivity index (χ1v) is 8.67. The molecule has 1 aromatic heterocycles. The van der Waals surface area contributed by atoms with Gasteiger partial charge in [-0.3, -0.25) is 5.32 Å². The van der Waals surface area contributed by atoms with Crippen LogP contribution in [0.1, 0.15) is 23.0 Å². The number of aryl methyl sites for hydroxylation is 1. The predicted molar refractivity (Wildman–Crippen MR) is 110 cm³/mol. The Morgan fingerprint density at radius 3 is 2.37 bits per heavy atom. The summed E-state index contributed by atoms with van der Waals surface area (Å²) < 4.78 is 12.7. The van der Waals surface area contributed by atoms with Crippen LogP contribution in [-0.4, -0.2) is 23.8 Å². The zero-order valence-corrected chi connectivity index (χ0v) is 17.1. The first-order chi connectivity index (χ1) is 12.6. The molecule has 3 aromatic rings. The fourth-order valence-electron chi connectivity index (χ4n) is 2.88. The Morgan fingerprint density at radius 2 is 1.78 bits per heavy atom. The normalized spacial score (nSPS) is 11.6. The number of aromatic nitrogens is 2. The Bertz CT molecular complexity index is 866. The van der Waals surface area contributed by atoms with Crippen LogP contribution in [0.2, 0.25) is 5.02 Å². The van der Waals surface area contributed by atoms with Crippen molar-refractivity contribution in [3.63, 3.8) is 0 Å². The number of rotatable bonds is 7. The molecule has 1 N–H and O–H groups in total. The van der Waals surface area contributed by atoms with Gasteiger partial charge in [0.15, 0.2) is 11.5 Å². The van der Waals surface area contributed by atoms with Crippen LogP contribution < -0.4 is 14.8 Å². The first-order valence-electron chi connectivity index (χ1n) is 8.29. The van der Waals surface area contributed by atoms with E-state index in [0.29, 0.717) is 17.3 Å². The molecule has 5 nitrogen and oxygen atoms in total. The zero-order valence-electron chi connectivity index (χ0n) is 15.5. The molecule has 1 heterocycles. The van der Waals surface area contributed by atoms with Crippen LogP contribution in [0.25, 0.3) is 0 Å². The molecule has 0 fully saturated rings. The lowest BCUT2D eigenvalue weighted by Crippen LogP contribution is -2.24. The van der Waals surface area contributed by atoms with E-state index in [9.17, 15) is 0 Å². The van der Waals surface area contributed by atoms with Crippen LogP contribution in [0.5, 0.6) is 11.5 Å². The Morgan fingerprint density at radius 1 is 1.07 bits per heavy atom. The van der Waals surface area contributed by atoms with Crippen LogP contribution in [0.4, 0.5) is 0 Å². The van der Waals surface area contributed by atoms with Crippen molar-refractivity contribution in [2.24, 2.45) is 7.05 Å². The van der Waals surface area contributed by atoms with Crippen molar-refractivity contribution in [1.82, 2.24) is 14.9 Å². The summed E-state index contributed by atoms with van der Waals surface area (Å²) in [4.78, 5) is 4.51. The Labute approximate surface area is 170 Å². The third-order valence-electron chi connectivity index (χ3n) is 4.28. The molecule has 144 valence electrons. The lowest BCUT2D eigenvalue weighted by Gasteiger charge is -2.20. The highest BCUT2D eigenvalue weighted by molar-refractivity contribution is 6.30. The second kappa shape index (κ2) is 9.65. The van der Waals surface area contributed by atoms with E-state index in [4.69, 9.17) is 21.1 Å². The van der Waals surface area contributed by atoms with Crippen molar-refractivity contribution in [3.05, 3.63) is 76.8 Å². The number of ether oxygens (including phenoxy) is 2. The first kappa shape index (κ1) is 21.1. The summed E-state index contributed by atoms with van der Waals surface area (Å²) in [5.74, 6) is 2.37. The summed E-state index contributed by atoms with van der Waals surface area (Å²) in [6.45, 7) is 0.653. The summed E-state index contributed by atoms with van der Waals surface area (Å²) in [7, 11) is 5.26. The molecule has 0 aliphatic carbocycles. The van der Waals surface area contributed by atoms with Gasteiger partial charge in [-0.15, -0.1) is 12.4 Å². The fourth-order valence-corrected chi connectivity index (χ4v) is 3.01. The average molecular weight is 408 g/mol. The lowest BCUT2D eigenvalue weighted by molar-refractivity contribution is 0.354. The minimum atomic E-state index is -0.0552. The molecule has 7 heteroatoms.